The predicted molar refractivity (Wildman–Crippen MR) is 101 cm³/mol. The van der Waals surface area contributed by atoms with Gasteiger partial charge in [-0.2, -0.15) is 4.39 Å². The van der Waals surface area contributed by atoms with Crippen molar-refractivity contribution in [3.63, 3.8) is 0 Å². The number of amides is 1. The van der Waals surface area contributed by atoms with Crippen LogP contribution in [0.4, 0.5) is 10.2 Å². The van der Waals surface area contributed by atoms with Crippen molar-refractivity contribution >= 4 is 11.7 Å². The largest absolute Gasteiger partial charge is 0.497 e. The van der Waals surface area contributed by atoms with Crippen LogP contribution < -0.4 is 14.4 Å². The number of hydrogen-bond donors (Lipinski definition) is 0. The molecule has 1 fully saturated rings. The van der Waals surface area contributed by atoms with Gasteiger partial charge in [0.15, 0.2) is 0 Å². The Hall–Kier alpha value is -2.83. The molecule has 0 bridgehead atoms. The molecule has 0 saturated carbocycles. The zero-order valence-corrected chi connectivity index (χ0v) is 15.8. The second-order valence-electron chi connectivity index (χ2n) is 6.56. The lowest BCUT2D eigenvalue weighted by Crippen LogP contribution is -2.54. The van der Waals surface area contributed by atoms with Crippen molar-refractivity contribution in [3.05, 3.63) is 47.9 Å². The monoisotopic (exact) mass is 373 g/mol. The summed E-state index contributed by atoms with van der Waals surface area (Å²) in [6, 6.07) is 10.2. The highest BCUT2D eigenvalue weighted by molar-refractivity contribution is 5.80. The Morgan fingerprint density at radius 1 is 1.22 bits per heavy atom. The number of carbonyl (C=O) groups excluding carboxylic acids is 1. The number of aromatic nitrogens is 1. The first kappa shape index (κ1) is 18.9. The number of anilines is 1. The van der Waals surface area contributed by atoms with Gasteiger partial charge in [-0.3, -0.25) is 4.79 Å². The summed E-state index contributed by atoms with van der Waals surface area (Å²) < 4.78 is 24.0. The summed E-state index contributed by atoms with van der Waals surface area (Å²) in [7, 11) is 3.18. The topological polar surface area (TPSA) is 54.9 Å². The molecule has 3 rings (SSSR count). The van der Waals surface area contributed by atoms with Crippen molar-refractivity contribution in [1.29, 1.82) is 0 Å². The number of rotatable bonds is 5. The summed E-state index contributed by atoms with van der Waals surface area (Å²) in [4.78, 5) is 20.6. The standard InChI is InChI=1S/C20H24FN3O3/c1-14-13-23(9-10-24(14)19-6-4-5-18(21)22-19)20(25)12-15-11-16(26-2)7-8-17(15)27-3/h4-8,11,14H,9-10,12-13H2,1-3H3. The summed E-state index contributed by atoms with van der Waals surface area (Å²) in [5, 5.41) is 0. The summed E-state index contributed by atoms with van der Waals surface area (Å²) in [5.74, 6) is 1.49. The van der Waals surface area contributed by atoms with Gasteiger partial charge in [-0.25, -0.2) is 4.98 Å². The lowest BCUT2D eigenvalue weighted by atomic mass is 10.1. The zero-order chi connectivity index (χ0) is 19.4. The van der Waals surface area contributed by atoms with Gasteiger partial charge in [-0.1, -0.05) is 6.07 Å². The van der Waals surface area contributed by atoms with Crippen molar-refractivity contribution in [2.75, 3.05) is 38.8 Å². The molecule has 1 unspecified atom stereocenters. The van der Waals surface area contributed by atoms with Crippen LogP contribution in [0, 0.1) is 5.95 Å². The Balaban J connectivity index is 1.68. The van der Waals surface area contributed by atoms with E-state index < -0.39 is 5.95 Å². The molecule has 1 atom stereocenters. The molecule has 0 aliphatic carbocycles. The van der Waals surface area contributed by atoms with Crippen LogP contribution in [0.5, 0.6) is 11.5 Å². The van der Waals surface area contributed by atoms with Crippen molar-refractivity contribution in [2.24, 2.45) is 0 Å². The number of hydrogen-bond acceptors (Lipinski definition) is 5. The van der Waals surface area contributed by atoms with Crippen molar-refractivity contribution in [1.82, 2.24) is 9.88 Å². The average Bonchev–Trinajstić information content (AvgIpc) is 2.67. The van der Waals surface area contributed by atoms with Crippen molar-refractivity contribution < 1.29 is 18.7 Å². The quantitative estimate of drug-likeness (QED) is 0.754. The maximum atomic E-state index is 13.4. The molecule has 1 saturated heterocycles. The van der Waals surface area contributed by atoms with E-state index in [1.165, 1.54) is 6.07 Å². The van der Waals surface area contributed by atoms with Crippen LogP contribution in [0.25, 0.3) is 0 Å². The van der Waals surface area contributed by atoms with Crippen LogP contribution >= 0.6 is 0 Å². The van der Waals surface area contributed by atoms with Crippen LogP contribution in [0.15, 0.2) is 36.4 Å². The highest BCUT2D eigenvalue weighted by atomic mass is 19.1. The Kier molecular flexibility index (Phi) is 5.78. The van der Waals surface area contributed by atoms with Crippen molar-refractivity contribution in [2.45, 2.75) is 19.4 Å². The number of piperazine rings is 1. The molecule has 144 valence electrons. The number of carbonyl (C=O) groups is 1. The van der Waals surface area contributed by atoms with Crippen LogP contribution in [0.1, 0.15) is 12.5 Å². The van der Waals surface area contributed by atoms with Gasteiger partial charge in [0.1, 0.15) is 17.3 Å². The number of ether oxygens (including phenoxy) is 2. The Labute approximate surface area is 158 Å². The summed E-state index contributed by atoms with van der Waals surface area (Å²) >= 11 is 0. The fourth-order valence-electron chi connectivity index (χ4n) is 3.38. The van der Waals surface area contributed by atoms with Crippen molar-refractivity contribution in [3.8, 4) is 11.5 Å². The molecule has 1 aliphatic heterocycles. The molecule has 1 aromatic carbocycles. The first-order chi connectivity index (χ1) is 13.0. The number of nitrogens with zero attached hydrogens (tertiary/aromatic N) is 3. The van der Waals surface area contributed by atoms with Gasteiger partial charge in [0.05, 0.1) is 20.6 Å². The first-order valence-electron chi connectivity index (χ1n) is 8.89. The SMILES string of the molecule is COc1ccc(OC)c(CC(=O)N2CCN(c3cccc(F)n3)C(C)C2)c1. The van der Waals surface area contributed by atoms with E-state index in [0.29, 0.717) is 37.0 Å². The number of methoxy groups -OCH3 is 2. The molecule has 0 N–H and O–H groups in total. The van der Waals surface area contributed by atoms with E-state index in [-0.39, 0.29) is 18.4 Å². The molecule has 1 aliphatic rings. The van der Waals surface area contributed by atoms with Crippen LogP contribution in [0.3, 0.4) is 0 Å². The van der Waals surface area contributed by atoms with E-state index in [1.54, 1.807) is 38.5 Å². The first-order valence-corrected chi connectivity index (χ1v) is 8.89. The zero-order valence-electron chi connectivity index (χ0n) is 15.8. The van der Waals surface area contributed by atoms with Gasteiger partial charge in [0.2, 0.25) is 11.9 Å². The third kappa shape index (κ3) is 4.30. The molecule has 0 spiro atoms. The smallest absolute Gasteiger partial charge is 0.227 e. The Morgan fingerprint density at radius 3 is 2.70 bits per heavy atom. The van der Waals surface area contributed by atoms with Gasteiger partial charge in [0.25, 0.3) is 0 Å². The van der Waals surface area contributed by atoms with E-state index in [4.69, 9.17) is 9.47 Å². The summed E-state index contributed by atoms with van der Waals surface area (Å²) in [5.41, 5.74) is 0.795. The van der Waals surface area contributed by atoms with Gasteiger partial charge in [0, 0.05) is 31.2 Å². The van der Waals surface area contributed by atoms with E-state index in [9.17, 15) is 9.18 Å². The van der Waals surface area contributed by atoms with E-state index >= 15 is 0 Å². The summed E-state index contributed by atoms with van der Waals surface area (Å²) in [6.45, 7) is 3.74. The minimum absolute atomic E-state index is 0.0280. The fourth-order valence-corrected chi connectivity index (χ4v) is 3.38. The lowest BCUT2D eigenvalue weighted by Gasteiger charge is -2.40. The molecule has 6 nitrogen and oxygen atoms in total. The molecular weight excluding hydrogens is 349 g/mol. The number of benzene rings is 1. The molecule has 2 heterocycles. The van der Waals surface area contributed by atoms with Gasteiger partial charge in [-0.15, -0.1) is 0 Å². The molecule has 27 heavy (non-hydrogen) atoms. The molecule has 0 radical (unpaired) electrons. The Bertz CT molecular complexity index is 815. The van der Waals surface area contributed by atoms with Crippen LogP contribution in [-0.4, -0.2) is 55.7 Å². The maximum absolute atomic E-state index is 13.4. The highest BCUT2D eigenvalue weighted by Crippen LogP contribution is 2.25. The van der Waals surface area contributed by atoms with E-state index in [2.05, 4.69) is 4.98 Å². The minimum Gasteiger partial charge on any atom is -0.497 e. The Morgan fingerprint density at radius 2 is 2.04 bits per heavy atom. The third-order valence-corrected chi connectivity index (χ3v) is 4.80. The average molecular weight is 373 g/mol. The third-order valence-electron chi connectivity index (χ3n) is 4.80. The molecular formula is C20H24FN3O3. The van der Waals surface area contributed by atoms with E-state index in [1.807, 2.05) is 22.8 Å². The number of pyridine rings is 1. The second-order valence-corrected chi connectivity index (χ2v) is 6.56. The van der Waals surface area contributed by atoms with Gasteiger partial charge >= 0.3 is 0 Å². The normalized spacial score (nSPS) is 17.0. The molecule has 1 aromatic heterocycles. The van der Waals surface area contributed by atoms with E-state index in [0.717, 1.165) is 5.56 Å². The molecule has 7 heteroatoms. The number of halogens is 1. The predicted octanol–water partition coefficient (Wildman–Crippen LogP) is 2.52. The minimum atomic E-state index is -0.497. The van der Waals surface area contributed by atoms with Crippen LogP contribution in [-0.2, 0) is 11.2 Å². The molecule has 2 aromatic rings. The lowest BCUT2D eigenvalue weighted by molar-refractivity contribution is -0.131. The van der Waals surface area contributed by atoms with Gasteiger partial charge < -0.3 is 19.3 Å². The highest BCUT2D eigenvalue weighted by Gasteiger charge is 2.28. The van der Waals surface area contributed by atoms with Crippen LogP contribution in [0.2, 0.25) is 0 Å². The fraction of sp³-hybridized carbons (Fsp3) is 0.400. The summed E-state index contributed by atoms with van der Waals surface area (Å²) in [6.07, 6.45) is 0.241. The molecule has 1 amide bonds. The maximum Gasteiger partial charge on any atom is 0.227 e. The second kappa shape index (κ2) is 8.24. The van der Waals surface area contributed by atoms with Gasteiger partial charge in [-0.05, 0) is 37.3 Å².